The Morgan fingerprint density at radius 1 is 1.23 bits per heavy atom. The van der Waals surface area contributed by atoms with Crippen LogP contribution in [0.1, 0.15) is 11.3 Å². The first-order valence-electron chi connectivity index (χ1n) is 6.77. The molecule has 0 aliphatic rings. The molecule has 0 aliphatic carbocycles. The molecule has 1 amide bonds. The third-order valence-corrected chi connectivity index (χ3v) is 2.96. The van der Waals surface area contributed by atoms with Gasteiger partial charge in [0, 0.05) is 12.6 Å². The molecule has 22 heavy (non-hydrogen) atoms. The predicted octanol–water partition coefficient (Wildman–Crippen LogP) is 1.73. The zero-order valence-corrected chi connectivity index (χ0v) is 12.8. The number of aryl methyl sites for hydroxylation is 1. The first kappa shape index (κ1) is 15.8. The number of ether oxygens (including phenoxy) is 2. The number of methoxy groups -OCH3 is 2. The highest BCUT2D eigenvalue weighted by molar-refractivity contribution is 5.91. The van der Waals surface area contributed by atoms with Gasteiger partial charge in [-0.15, -0.1) is 0 Å². The van der Waals surface area contributed by atoms with E-state index in [2.05, 4.69) is 15.8 Å². The second kappa shape index (κ2) is 7.46. The van der Waals surface area contributed by atoms with Crippen LogP contribution in [0, 0.1) is 6.92 Å². The highest BCUT2D eigenvalue weighted by Crippen LogP contribution is 2.27. The van der Waals surface area contributed by atoms with Gasteiger partial charge in [-0.25, -0.2) is 0 Å². The van der Waals surface area contributed by atoms with E-state index in [0.717, 1.165) is 5.56 Å². The molecule has 1 aromatic heterocycles. The molecule has 1 aromatic carbocycles. The van der Waals surface area contributed by atoms with Crippen LogP contribution >= 0.6 is 0 Å². The van der Waals surface area contributed by atoms with E-state index in [1.165, 1.54) is 0 Å². The Balaban J connectivity index is 1.82. The Hall–Kier alpha value is -2.54. The zero-order valence-electron chi connectivity index (χ0n) is 12.8. The molecule has 1 heterocycles. The molecule has 7 heteroatoms. The van der Waals surface area contributed by atoms with Gasteiger partial charge >= 0.3 is 0 Å². The SMILES string of the molecule is COc1ccc(CNCC(=O)Nc2cc(C)on2)cc1OC. The van der Waals surface area contributed by atoms with Crippen molar-refractivity contribution in [3.63, 3.8) is 0 Å². The molecule has 0 fully saturated rings. The second-order valence-corrected chi connectivity index (χ2v) is 4.66. The quantitative estimate of drug-likeness (QED) is 0.810. The maximum Gasteiger partial charge on any atom is 0.239 e. The summed E-state index contributed by atoms with van der Waals surface area (Å²) in [7, 11) is 3.17. The number of hydrogen-bond donors (Lipinski definition) is 2. The van der Waals surface area contributed by atoms with E-state index in [0.29, 0.717) is 29.6 Å². The van der Waals surface area contributed by atoms with Gasteiger partial charge in [0.2, 0.25) is 5.91 Å². The summed E-state index contributed by atoms with van der Waals surface area (Å²) in [5.41, 5.74) is 0.989. The molecule has 0 spiro atoms. The summed E-state index contributed by atoms with van der Waals surface area (Å²) in [6, 6.07) is 7.26. The fourth-order valence-corrected chi connectivity index (χ4v) is 1.92. The van der Waals surface area contributed by atoms with Gasteiger partial charge in [0.25, 0.3) is 0 Å². The molecule has 0 atom stereocenters. The lowest BCUT2D eigenvalue weighted by Gasteiger charge is -2.10. The lowest BCUT2D eigenvalue weighted by atomic mass is 10.2. The molecule has 2 N–H and O–H groups in total. The number of hydrogen-bond acceptors (Lipinski definition) is 6. The van der Waals surface area contributed by atoms with Crippen molar-refractivity contribution in [2.75, 3.05) is 26.1 Å². The van der Waals surface area contributed by atoms with Crippen LogP contribution in [-0.2, 0) is 11.3 Å². The Bertz CT molecular complexity index is 639. The van der Waals surface area contributed by atoms with Crippen LogP contribution in [0.2, 0.25) is 0 Å². The topological polar surface area (TPSA) is 85.6 Å². The van der Waals surface area contributed by atoms with Crippen LogP contribution in [0.5, 0.6) is 11.5 Å². The number of carbonyl (C=O) groups is 1. The van der Waals surface area contributed by atoms with E-state index < -0.39 is 0 Å². The third-order valence-electron chi connectivity index (χ3n) is 2.96. The van der Waals surface area contributed by atoms with Crippen molar-refractivity contribution < 1.29 is 18.8 Å². The maximum atomic E-state index is 11.7. The van der Waals surface area contributed by atoms with Gasteiger partial charge in [-0.3, -0.25) is 4.79 Å². The standard InChI is InChI=1S/C15H19N3O4/c1-10-6-14(18-22-10)17-15(19)9-16-8-11-4-5-12(20-2)13(7-11)21-3/h4-7,16H,8-9H2,1-3H3,(H,17,18,19). The maximum absolute atomic E-state index is 11.7. The van der Waals surface area contributed by atoms with Crippen molar-refractivity contribution >= 4 is 11.7 Å². The fraction of sp³-hybridized carbons (Fsp3) is 0.333. The van der Waals surface area contributed by atoms with Crippen molar-refractivity contribution in [1.82, 2.24) is 10.5 Å². The molecule has 2 rings (SSSR count). The molecule has 0 saturated carbocycles. The van der Waals surface area contributed by atoms with E-state index in [-0.39, 0.29) is 12.5 Å². The fourth-order valence-electron chi connectivity index (χ4n) is 1.92. The highest BCUT2D eigenvalue weighted by atomic mass is 16.5. The van der Waals surface area contributed by atoms with Crippen LogP contribution in [0.3, 0.4) is 0 Å². The van der Waals surface area contributed by atoms with Gasteiger partial charge in [0.15, 0.2) is 17.3 Å². The largest absolute Gasteiger partial charge is 0.493 e. The van der Waals surface area contributed by atoms with Crippen molar-refractivity contribution in [3.05, 3.63) is 35.6 Å². The average molecular weight is 305 g/mol. The molecular weight excluding hydrogens is 286 g/mol. The minimum atomic E-state index is -0.186. The minimum Gasteiger partial charge on any atom is -0.493 e. The molecule has 0 radical (unpaired) electrons. The number of aromatic nitrogens is 1. The summed E-state index contributed by atoms with van der Waals surface area (Å²) in [6.45, 7) is 2.46. The number of rotatable bonds is 7. The number of benzene rings is 1. The first-order valence-corrected chi connectivity index (χ1v) is 6.77. The molecule has 0 aliphatic heterocycles. The lowest BCUT2D eigenvalue weighted by Crippen LogP contribution is -2.27. The van der Waals surface area contributed by atoms with E-state index >= 15 is 0 Å². The number of amides is 1. The smallest absolute Gasteiger partial charge is 0.239 e. The summed E-state index contributed by atoms with van der Waals surface area (Å²) in [4.78, 5) is 11.7. The number of nitrogens with one attached hydrogen (secondary N) is 2. The molecule has 2 aromatic rings. The van der Waals surface area contributed by atoms with Crippen LogP contribution in [0.4, 0.5) is 5.82 Å². The molecule has 0 unspecified atom stereocenters. The Morgan fingerprint density at radius 3 is 2.64 bits per heavy atom. The summed E-state index contributed by atoms with van der Waals surface area (Å²) in [5.74, 6) is 2.20. The van der Waals surface area contributed by atoms with E-state index in [9.17, 15) is 4.79 Å². The monoisotopic (exact) mass is 305 g/mol. The van der Waals surface area contributed by atoms with Gasteiger partial charge in [-0.2, -0.15) is 0 Å². The summed E-state index contributed by atoms with van der Waals surface area (Å²) in [6.07, 6.45) is 0. The number of nitrogens with zero attached hydrogens (tertiary/aromatic N) is 1. The Morgan fingerprint density at radius 2 is 2.00 bits per heavy atom. The molecule has 0 bridgehead atoms. The molecule has 0 saturated heterocycles. The van der Waals surface area contributed by atoms with Crippen LogP contribution in [0.25, 0.3) is 0 Å². The van der Waals surface area contributed by atoms with Gasteiger partial charge < -0.3 is 24.6 Å². The molecule has 118 valence electrons. The normalized spacial score (nSPS) is 10.3. The summed E-state index contributed by atoms with van der Waals surface area (Å²) in [5, 5.41) is 9.39. The van der Waals surface area contributed by atoms with E-state index in [4.69, 9.17) is 14.0 Å². The van der Waals surface area contributed by atoms with E-state index in [1.54, 1.807) is 27.2 Å². The lowest BCUT2D eigenvalue weighted by molar-refractivity contribution is -0.115. The van der Waals surface area contributed by atoms with Crippen LogP contribution in [-0.4, -0.2) is 31.8 Å². The zero-order chi connectivity index (χ0) is 15.9. The van der Waals surface area contributed by atoms with Crippen molar-refractivity contribution in [1.29, 1.82) is 0 Å². The number of carbonyl (C=O) groups excluding carboxylic acids is 1. The van der Waals surface area contributed by atoms with Gasteiger partial charge in [-0.1, -0.05) is 11.2 Å². The average Bonchev–Trinajstić information content (AvgIpc) is 2.92. The predicted molar refractivity (Wildman–Crippen MR) is 81.1 cm³/mol. The van der Waals surface area contributed by atoms with Crippen LogP contribution < -0.4 is 20.1 Å². The number of anilines is 1. The molecule has 7 nitrogen and oxygen atoms in total. The van der Waals surface area contributed by atoms with Gasteiger partial charge in [0.1, 0.15) is 5.76 Å². The Kier molecular flexibility index (Phi) is 5.37. The van der Waals surface area contributed by atoms with Gasteiger partial charge in [0.05, 0.1) is 20.8 Å². The third kappa shape index (κ3) is 4.23. The second-order valence-electron chi connectivity index (χ2n) is 4.66. The summed E-state index contributed by atoms with van der Waals surface area (Å²) >= 11 is 0. The molecular formula is C15H19N3O4. The first-order chi connectivity index (χ1) is 10.6. The van der Waals surface area contributed by atoms with E-state index in [1.807, 2.05) is 18.2 Å². The van der Waals surface area contributed by atoms with Crippen LogP contribution in [0.15, 0.2) is 28.8 Å². The highest BCUT2D eigenvalue weighted by Gasteiger charge is 2.07. The Labute approximate surface area is 128 Å². The van der Waals surface area contributed by atoms with Gasteiger partial charge in [-0.05, 0) is 24.6 Å². The van der Waals surface area contributed by atoms with Crippen molar-refractivity contribution in [2.45, 2.75) is 13.5 Å². The van der Waals surface area contributed by atoms with Crippen molar-refractivity contribution in [2.24, 2.45) is 0 Å². The summed E-state index contributed by atoms with van der Waals surface area (Å²) < 4.78 is 15.3. The van der Waals surface area contributed by atoms with Crippen molar-refractivity contribution in [3.8, 4) is 11.5 Å². The minimum absolute atomic E-state index is 0.167.